The van der Waals surface area contributed by atoms with Crippen molar-refractivity contribution >= 4 is 5.91 Å². The Balaban J connectivity index is 1.20. The molecule has 0 atom stereocenters. The molecule has 1 amide bonds. The Labute approximate surface area is 163 Å². The van der Waals surface area contributed by atoms with Crippen molar-refractivity contribution in [2.24, 2.45) is 5.92 Å². The van der Waals surface area contributed by atoms with Gasteiger partial charge in [0.1, 0.15) is 0 Å². The standard InChI is InChI=1S/C22H34N4O/c27-22(20-8-11-25(12-9-20)21-6-2-1-3-7-21)26-15-13-24(14-16-26)18-19-5-4-10-23-17-19/h4-5,10,17,20-21H,1-3,6-9,11-16,18H2. The summed E-state index contributed by atoms with van der Waals surface area (Å²) in [6.45, 7) is 6.90. The molecule has 2 aliphatic heterocycles. The van der Waals surface area contributed by atoms with Crippen LogP contribution in [-0.2, 0) is 11.3 Å². The predicted molar refractivity (Wildman–Crippen MR) is 107 cm³/mol. The molecule has 3 heterocycles. The van der Waals surface area contributed by atoms with E-state index in [1.54, 1.807) is 0 Å². The topological polar surface area (TPSA) is 39.7 Å². The first kappa shape index (κ1) is 18.9. The number of aromatic nitrogens is 1. The van der Waals surface area contributed by atoms with Crippen LogP contribution in [0.2, 0.25) is 0 Å². The second-order valence-corrected chi connectivity index (χ2v) is 8.56. The summed E-state index contributed by atoms with van der Waals surface area (Å²) in [6, 6.07) is 4.92. The molecular weight excluding hydrogens is 336 g/mol. The number of carbonyl (C=O) groups excluding carboxylic acids is 1. The molecule has 0 spiro atoms. The van der Waals surface area contributed by atoms with Crippen molar-refractivity contribution in [3.05, 3.63) is 30.1 Å². The summed E-state index contributed by atoms with van der Waals surface area (Å²) >= 11 is 0. The normalized spacial score (nSPS) is 24.2. The lowest BCUT2D eigenvalue weighted by Crippen LogP contribution is -2.52. The molecule has 5 heteroatoms. The van der Waals surface area contributed by atoms with Gasteiger partial charge in [-0.3, -0.25) is 14.7 Å². The highest BCUT2D eigenvalue weighted by Gasteiger charge is 2.32. The minimum absolute atomic E-state index is 0.259. The van der Waals surface area contributed by atoms with Gasteiger partial charge in [-0.1, -0.05) is 25.3 Å². The number of hydrogen-bond acceptors (Lipinski definition) is 4. The van der Waals surface area contributed by atoms with E-state index in [4.69, 9.17) is 0 Å². The van der Waals surface area contributed by atoms with E-state index in [1.807, 2.05) is 18.5 Å². The van der Waals surface area contributed by atoms with Crippen LogP contribution in [0.5, 0.6) is 0 Å². The van der Waals surface area contributed by atoms with Gasteiger partial charge in [-0.05, 0) is 50.4 Å². The minimum Gasteiger partial charge on any atom is -0.340 e. The third-order valence-electron chi connectivity index (χ3n) is 6.78. The first-order valence-corrected chi connectivity index (χ1v) is 10.9. The van der Waals surface area contributed by atoms with Crippen molar-refractivity contribution < 1.29 is 4.79 Å². The van der Waals surface area contributed by atoms with Crippen LogP contribution in [0.4, 0.5) is 0 Å². The average molecular weight is 371 g/mol. The lowest BCUT2D eigenvalue weighted by molar-refractivity contribution is -0.139. The van der Waals surface area contributed by atoms with Gasteiger partial charge in [0.25, 0.3) is 0 Å². The number of amides is 1. The number of likely N-dealkylation sites (tertiary alicyclic amines) is 1. The summed E-state index contributed by atoms with van der Waals surface area (Å²) in [4.78, 5) is 24.4. The SMILES string of the molecule is O=C(C1CCN(C2CCCCC2)CC1)N1CCN(Cc2cccnc2)CC1. The van der Waals surface area contributed by atoms with Crippen molar-refractivity contribution in [3.8, 4) is 0 Å². The predicted octanol–water partition coefficient (Wildman–Crippen LogP) is 2.77. The van der Waals surface area contributed by atoms with Crippen molar-refractivity contribution in [3.63, 3.8) is 0 Å². The highest BCUT2D eigenvalue weighted by molar-refractivity contribution is 5.79. The quantitative estimate of drug-likeness (QED) is 0.817. The highest BCUT2D eigenvalue weighted by Crippen LogP contribution is 2.28. The third-order valence-corrected chi connectivity index (χ3v) is 6.78. The number of pyridine rings is 1. The largest absolute Gasteiger partial charge is 0.340 e. The van der Waals surface area contributed by atoms with E-state index in [0.29, 0.717) is 5.91 Å². The van der Waals surface area contributed by atoms with E-state index in [0.717, 1.165) is 64.7 Å². The molecule has 2 saturated heterocycles. The van der Waals surface area contributed by atoms with Crippen LogP contribution < -0.4 is 0 Å². The van der Waals surface area contributed by atoms with Gasteiger partial charge in [0.05, 0.1) is 0 Å². The fourth-order valence-electron chi connectivity index (χ4n) is 5.09. The third kappa shape index (κ3) is 4.88. The molecule has 0 aromatic carbocycles. The lowest BCUT2D eigenvalue weighted by atomic mass is 9.89. The van der Waals surface area contributed by atoms with E-state index in [1.165, 1.54) is 37.7 Å². The van der Waals surface area contributed by atoms with Crippen LogP contribution in [0.25, 0.3) is 0 Å². The second kappa shape index (κ2) is 9.16. The smallest absolute Gasteiger partial charge is 0.225 e. The van der Waals surface area contributed by atoms with Gasteiger partial charge in [0.2, 0.25) is 5.91 Å². The fourth-order valence-corrected chi connectivity index (χ4v) is 5.09. The molecule has 0 radical (unpaired) electrons. The second-order valence-electron chi connectivity index (χ2n) is 8.56. The van der Waals surface area contributed by atoms with E-state index >= 15 is 0 Å². The minimum atomic E-state index is 0.259. The highest BCUT2D eigenvalue weighted by atomic mass is 16.2. The number of carbonyl (C=O) groups is 1. The number of nitrogens with zero attached hydrogens (tertiary/aromatic N) is 4. The number of piperazine rings is 1. The molecule has 3 aliphatic rings. The van der Waals surface area contributed by atoms with Crippen molar-refractivity contribution in [1.29, 1.82) is 0 Å². The Morgan fingerprint density at radius 2 is 1.70 bits per heavy atom. The maximum atomic E-state index is 13.0. The molecule has 1 aromatic rings. The maximum absolute atomic E-state index is 13.0. The zero-order chi connectivity index (χ0) is 18.5. The van der Waals surface area contributed by atoms with Crippen LogP contribution in [0.15, 0.2) is 24.5 Å². The molecule has 1 aliphatic carbocycles. The summed E-state index contributed by atoms with van der Waals surface area (Å²) in [5.41, 5.74) is 1.26. The van der Waals surface area contributed by atoms with Gasteiger partial charge in [-0.25, -0.2) is 0 Å². The van der Waals surface area contributed by atoms with Gasteiger partial charge in [-0.15, -0.1) is 0 Å². The Kier molecular flexibility index (Phi) is 6.40. The van der Waals surface area contributed by atoms with E-state index < -0.39 is 0 Å². The Bertz CT molecular complexity index is 586. The van der Waals surface area contributed by atoms with Crippen LogP contribution in [-0.4, -0.2) is 70.9 Å². The molecule has 0 unspecified atom stereocenters. The number of piperidine rings is 1. The van der Waals surface area contributed by atoms with Crippen LogP contribution in [0.1, 0.15) is 50.5 Å². The summed E-state index contributed by atoms with van der Waals surface area (Å²) in [5.74, 6) is 0.675. The molecule has 27 heavy (non-hydrogen) atoms. The monoisotopic (exact) mass is 370 g/mol. The fraction of sp³-hybridized carbons (Fsp3) is 0.727. The zero-order valence-electron chi connectivity index (χ0n) is 16.6. The Morgan fingerprint density at radius 3 is 2.37 bits per heavy atom. The molecule has 5 nitrogen and oxygen atoms in total. The molecule has 0 N–H and O–H groups in total. The van der Waals surface area contributed by atoms with Gasteiger partial charge >= 0.3 is 0 Å². The molecule has 0 bridgehead atoms. The summed E-state index contributed by atoms with van der Waals surface area (Å²) < 4.78 is 0. The summed E-state index contributed by atoms with van der Waals surface area (Å²) in [6.07, 6.45) is 12.8. The summed E-state index contributed by atoms with van der Waals surface area (Å²) in [5, 5.41) is 0. The lowest BCUT2D eigenvalue weighted by Gasteiger charge is -2.41. The summed E-state index contributed by atoms with van der Waals surface area (Å²) in [7, 11) is 0. The van der Waals surface area contributed by atoms with E-state index in [2.05, 4.69) is 25.8 Å². The van der Waals surface area contributed by atoms with Crippen LogP contribution in [0, 0.1) is 5.92 Å². The number of hydrogen-bond donors (Lipinski definition) is 0. The number of rotatable bonds is 4. The first-order valence-electron chi connectivity index (χ1n) is 10.9. The zero-order valence-corrected chi connectivity index (χ0v) is 16.6. The van der Waals surface area contributed by atoms with Gasteiger partial charge in [0.15, 0.2) is 0 Å². The Morgan fingerprint density at radius 1 is 0.963 bits per heavy atom. The van der Waals surface area contributed by atoms with Crippen LogP contribution >= 0.6 is 0 Å². The maximum Gasteiger partial charge on any atom is 0.225 e. The van der Waals surface area contributed by atoms with Crippen molar-refractivity contribution in [2.45, 2.75) is 57.5 Å². The van der Waals surface area contributed by atoms with Crippen molar-refractivity contribution in [1.82, 2.24) is 19.7 Å². The van der Waals surface area contributed by atoms with Gasteiger partial charge < -0.3 is 9.80 Å². The first-order chi connectivity index (χ1) is 13.3. The molecule has 4 rings (SSSR count). The van der Waals surface area contributed by atoms with E-state index in [9.17, 15) is 4.79 Å². The molecule has 1 saturated carbocycles. The average Bonchev–Trinajstić information content (AvgIpc) is 2.75. The molecule has 3 fully saturated rings. The molecular formula is C22H34N4O. The van der Waals surface area contributed by atoms with Gasteiger partial charge in [0, 0.05) is 57.1 Å². The Hall–Kier alpha value is -1.46. The van der Waals surface area contributed by atoms with Gasteiger partial charge in [-0.2, -0.15) is 0 Å². The van der Waals surface area contributed by atoms with Crippen LogP contribution in [0.3, 0.4) is 0 Å². The van der Waals surface area contributed by atoms with Crippen molar-refractivity contribution in [2.75, 3.05) is 39.3 Å². The molecule has 1 aromatic heterocycles. The van der Waals surface area contributed by atoms with E-state index in [-0.39, 0.29) is 5.92 Å². The molecule has 148 valence electrons.